The minimum atomic E-state index is -0.872. The second-order valence-electron chi connectivity index (χ2n) is 14.6. The van der Waals surface area contributed by atoms with Gasteiger partial charge < -0.3 is 25.0 Å². The average Bonchev–Trinajstić information content (AvgIpc) is 3.71. The molecule has 1 aliphatic carbocycles. The first-order valence-electron chi connectivity index (χ1n) is 17.3. The minimum Gasteiger partial charge on any atom is -0.475 e. The molecule has 4 aliphatic heterocycles. The lowest BCUT2D eigenvalue weighted by Gasteiger charge is -2.44. The number of fused-ring (bicyclic) bond motifs is 5. The van der Waals surface area contributed by atoms with E-state index in [2.05, 4.69) is 21.0 Å². The van der Waals surface area contributed by atoms with Crippen LogP contribution in [-0.2, 0) is 42.9 Å². The third-order valence-corrected chi connectivity index (χ3v) is 11.7. The number of hydrogen-bond donors (Lipinski definition) is 1. The van der Waals surface area contributed by atoms with Crippen LogP contribution in [0.3, 0.4) is 0 Å². The van der Waals surface area contributed by atoms with Crippen molar-refractivity contribution in [3.05, 3.63) is 62.6 Å². The fourth-order valence-corrected chi connectivity index (χ4v) is 9.35. The molecule has 11 nitrogen and oxygen atoms in total. The van der Waals surface area contributed by atoms with Crippen molar-refractivity contribution < 1.29 is 18.7 Å². The zero-order valence-electron chi connectivity index (χ0n) is 28.1. The van der Waals surface area contributed by atoms with Gasteiger partial charge in [0.1, 0.15) is 29.5 Å². The summed E-state index contributed by atoms with van der Waals surface area (Å²) in [5.74, 6) is 0.190. The van der Waals surface area contributed by atoms with Crippen LogP contribution < -0.4 is 15.4 Å². The number of aromatic nitrogens is 3. The molecule has 49 heavy (non-hydrogen) atoms. The van der Waals surface area contributed by atoms with Gasteiger partial charge >= 0.3 is 0 Å². The van der Waals surface area contributed by atoms with Crippen LogP contribution in [0.4, 0.5) is 15.8 Å². The predicted molar refractivity (Wildman–Crippen MR) is 182 cm³/mol. The Morgan fingerprint density at radius 2 is 2.10 bits per heavy atom. The van der Waals surface area contributed by atoms with E-state index in [9.17, 15) is 14.4 Å². The maximum Gasteiger partial charge on any atom is 0.273 e. The number of aryl methyl sites for hydroxylation is 2. The highest BCUT2D eigenvalue weighted by Crippen LogP contribution is 2.51. The van der Waals surface area contributed by atoms with Crippen LogP contribution in [-0.4, -0.2) is 82.5 Å². The van der Waals surface area contributed by atoms with Crippen molar-refractivity contribution in [3.63, 3.8) is 0 Å². The van der Waals surface area contributed by atoms with Gasteiger partial charge in [0, 0.05) is 63.4 Å². The fourth-order valence-electron chi connectivity index (χ4n) is 9.02. The third-order valence-electron chi connectivity index (χ3n) is 11.3. The summed E-state index contributed by atoms with van der Waals surface area (Å²) < 4.78 is 30.0. The van der Waals surface area contributed by atoms with E-state index in [0.29, 0.717) is 73.5 Å². The standard InChI is InChI=1S/C36H42ClFN8O3/c1-43(2)34(47)28-14-24-19-44(11-5-13-46(24)42-28)32-26-20-49-36(10-3-6-22-7-8-27(40)25(17-39)30(22)36)16-29(26)41-33(31(32)37)48-21-35-9-4-12-45(35)18-23(38)15-35/h7-8,14,23H,3-6,9-13,15-16,18-21,40H2,1-2H3. The molecule has 1 amide bonds. The summed E-state index contributed by atoms with van der Waals surface area (Å²) in [7, 11) is 3.44. The number of nitriles is 1. The van der Waals surface area contributed by atoms with Gasteiger partial charge in [-0.15, -0.1) is 0 Å². The van der Waals surface area contributed by atoms with Gasteiger partial charge in [0.25, 0.3) is 5.91 Å². The molecule has 0 radical (unpaired) electrons. The summed E-state index contributed by atoms with van der Waals surface area (Å²) in [6, 6.07) is 8.05. The zero-order chi connectivity index (χ0) is 34.1. The number of amides is 1. The summed E-state index contributed by atoms with van der Waals surface area (Å²) in [4.78, 5) is 23.9. The number of halogens is 2. The van der Waals surface area contributed by atoms with Gasteiger partial charge in [-0.3, -0.25) is 14.4 Å². The molecule has 13 heteroatoms. The molecule has 2 aromatic heterocycles. The molecule has 8 rings (SSSR count). The number of anilines is 2. The Kier molecular flexibility index (Phi) is 8.00. The minimum absolute atomic E-state index is 0.145. The fraction of sp³-hybridized carbons (Fsp3) is 0.556. The lowest BCUT2D eigenvalue weighted by molar-refractivity contribution is -0.0855. The van der Waals surface area contributed by atoms with Crippen LogP contribution >= 0.6 is 11.6 Å². The van der Waals surface area contributed by atoms with Crippen LogP contribution in [0.5, 0.6) is 5.88 Å². The van der Waals surface area contributed by atoms with Crippen LogP contribution in [0.25, 0.3) is 0 Å². The van der Waals surface area contributed by atoms with Gasteiger partial charge in [0.2, 0.25) is 5.88 Å². The highest BCUT2D eigenvalue weighted by atomic mass is 35.5. The number of benzene rings is 1. The molecule has 6 heterocycles. The van der Waals surface area contributed by atoms with Crippen molar-refractivity contribution >= 4 is 28.9 Å². The molecule has 1 spiro atoms. The number of alkyl halides is 1. The van der Waals surface area contributed by atoms with Gasteiger partial charge in [0.05, 0.1) is 41.3 Å². The van der Waals surface area contributed by atoms with Crippen molar-refractivity contribution in [3.8, 4) is 11.9 Å². The van der Waals surface area contributed by atoms with Gasteiger partial charge in [-0.05, 0) is 62.8 Å². The maximum absolute atomic E-state index is 14.7. The monoisotopic (exact) mass is 688 g/mol. The lowest BCUT2D eigenvalue weighted by Crippen LogP contribution is -2.44. The molecule has 258 valence electrons. The van der Waals surface area contributed by atoms with Crippen molar-refractivity contribution in [1.82, 2.24) is 24.6 Å². The molecular weight excluding hydrogens is 647 g/mol. The molecule has 3 aromatic rings. The second-order valence-corrected chi connectivity index (χ2v) is 15.0. The molecule has 3 unspecified atom stereocenters. The van der Waals surface area contributed by atoms with Gasteiger partial charge in [-0.2, -0.15) is 10.4 Å². The topological polar surface area (TPSA) is 126 Å². The van der Waals surface area contributed by atoms with Gasteiger partial charge in [-0.1, -0.05) is 17.7 Å². The number of rotatable bonds is 5. The Morgan fingerprint density at radius 3 is 2.92 bits per heavy atom. The van der Waals surface area contributed by atoms with Crippen LogP contribution in [0, 0.1) is 11.3 Å². The Bertz CT molecular complexity index is 1880. The highest BCUT2D eigenvalue weighted by molar-refractivity contribution is 6.34. The third kappa shape index (κ3) is 5.32. The summed E-state index contributed by atoms with van der Waals surface area (Å²) >= 11 is 7.32. The van der Waals surface area contributed by atoms with E-state index in [0.717, 1.165) is 78.8 Å². The number of ether oxygens (including phenoxy) is 2. The van der Waals surface area contributed by atoms with E-state index < -0.39 is 11.8 Å². The Hall–Kier alpha value is -3.92. The van der Waals surface area contributed by atoms with E-state index >= 15 is 0 Å². The molecule has 0 bridgehead atoms. The average molecular weight is 689 g/mol. The van der Waals surface area contributed by atoms with Crippen molar-refractivity contribution in [2.75, 3.05) is 51.0 Å². The maximum atomic E-state index is 14.7. The van der Waals surface area contributed by atoms with Gasteiger partial charge in [0.15, 0.2) is 5.69 Å². The Morgan fingerprint density at radius 1 is 1.24 bits per heavy atom. The van der Waals surface area contributed by atoms with Gasteiger partial charge in [-0.25, -0.2) is 9.37 Å². The molecule has 1 aromatic carbocycles. The van der Waals surface area contributed by atoms with E-state index in [-0.39, 0.29) is 18.1 Å². The normalized spacial score (nSPS) is 26.0. The summed E-state index contributed by atoms with van der Waals surface area (Å²) in [5.41, 5.74) is 11.9. The largest absolute Gasteiger partial charge is 0.475 e. The number of nitrogens with zero attached hydrogens (tertiary/aromatic N) is 7. The van der Waals surface area contributed by atoms with Crippen molar-refractivity contribution in [1.29, 1.82) is 5.26 Å². The van der Waals surface area contributed by atoms with Crippen molar-refractivity contribution in [2.24, 2.45) is 0 Å². The number of nitrogens with two attached hydrogens (primary N) is 1. The highest BCUT2D eigenvalue weighted by Gasteiger charge is 2.50. The lowest BCUT2D eigenvalue weighted by atomic mass is 9.72. The summed E-state index contributed by atoms with van der Waals surface area (Å²) in [6.45, 7) is 3.69. The van der Waals surface area contributed by atoms with Crippen LogP contribution in [0.1, 0.15) is 82.7 Å². The molecule has 5 aliphatic rings. The quantitative estimate of drug-likeness (QED) is 0.378. The summed E-state index contributed by atoms with van der Waals surface area (Å²) in [6.07, 6.45) is 5.17. The van der Waals surface area contributed by atoms with E-state index in [1.165, 1.54) is 4.90 Å². The second kappa shape index (κ2) is 12.1. The molecular formula is C36H42ClFN8O3. The van der Waals surface area contributed by atoms with E-state index in [1.54, 1.807) is 14.1 Å². The number of pyridine rings is 1. The molecule has 2 saturated heterocycles. The molecule has 2 fully saturated rings. The number of carbonyl (C=O) groups is 1. The molecule has 0 saturated carbocycles. The van der Waals surface area contributed by atoms with E-state index in [4.69, 9.17) is 31.8 Å². The SMILES string of the molecule is CN(C)C(=O)c1cc2n(n1)CCCN(c1c(Cl)c(OCC34CCCN3CC(F)C4)nc3c1COC1(CCCc4ccc(N)c(C#N)c41)C3)C2. The number of nitrogen functional groups attached to an aromatic ring is 1. The predicted octanol–water partition coefficient (Wildman–Crippen LogP) is 4.76. The van der Waals surface area contributed by atoms with Crippen LogP contribution in [0.2, 0.25) is 5.02 Å². The van der Waals surface area contributed by atoms with E-state index in [1.807, 2.05) is 22.9 Å². The summed E-state index contributed by atoms with van der Waals surface area (Å²) in [5, 5.41) is 15.2. The first kappa shape index (κ1) is 32.3. The number of carbonyl (C=O) groups excluding carboxylic acids is 1. The Labute approximate surface area is 290 Å². The zero-order valence-corrected chi connectivity index (χ0v) is 28.9. The van der Waals surface area contributed by atoms with Crippen LogP contribution in [0.15, 0.2) is 18.2 Å². The van der Waals surface area contributed by atoms with Crippen molar-refractivity contribution in [2.45, 2.75) is 88.4 Å². The smallest absolute Gasteiger partial charge is 0.273 e. The first-order chi connectivity index (χ1) is 23.6. The molecule has 2 N–H and O–H groups in total. The Balaban J connectivity index is 1.21. The number of hydrogen-bond acceptors (Lipinski definition) is 9. The first-order valence-corrected chi connectivity index (χ1v) is 17.7. The molecule has 3 atom stereocenters.